The largest absolute Gasteiger partial charge is 0.483 e. The van der Waals surface area contributed by atoms with Gasteiger partial charge in [0.15, 0.2) is 0 Å². The highest BCUT2D eigenvalue weighted by Gasteiger charge is 2.63. The highest BCUT2D eigenvalue weighted by atomic mass is 16.5. The fourth-order valence-corrected chi connectivity index (χ4v) is 14.5. The van der Waals surface area contributed by atoms with Crippen molar-refractivity contribution in [3.05, 3.63) is 201 Å². The first-order valence-corrected chi connectivity index (χ1v) is 26.4. The zero-order valence-corrected chi connectivity index (χ0v) is 43.8. The Morgan fingerprint density at radius 2 is 0.986 bits per heavy atom. The Labute approximate surface area is 436 Å². The van der Waals surface area contributed by atoms with Crippen LogP contribution >= 0.6 is 0 Å². The van der Waals surface area contributed by atoms with Crippen LogP contribution in [0.4, 0.5) is 45.5 Å². The lowest BCUT2D eigenvalue weighted by molar-refractivity contribution is 0.256. The van der Waals surface area contributed by atoms with Crippen molar-refractivity contribution in [2.45, 2.75) is 92.0 Å². The van der Waals surface area contributed by atoms with Crippen LogP contribution in [0.15, 0.2) is 151 Å². The lowest BCUT2D eigenvalue weighted by Gasteiger charge is -2.46. The van der Waals surface area contributed by atoms with Gasteiger partial charge in [0.2, 0.25) is 0 Å². The number of hydrogen-bond donors (Lipinski definition) is 0. The van der Waals surface area contributed by atoms with Crippen LogP contribution in [-0.2, 0) is 10.8 Å². The number of nitrogens with zero attached hydrogens (tertiary/aromatic N) is 4. The van der Waals surface area contributed by atoms with Gasteiger partial charge < -0.3 is 28.7 Å². The van der Waals surface area contributed by atoms with Gasteiger partial charge in [-0.15, -0.1) is 0 Å². The Morgan fingerprint density at radius 3 is 1.58 bits per heavy atom. The lowest BCUT2D eigenvalue weighted by Crippen LogP contribution is -2.54. The van der Waals surface area contributed by atoms with Gasteiger partial charge in [-0.25, -0.2) is 0 Å². The van der Waals surface area contributed by atoms with Crippen molar-refractivity contribution in [3.63, 3.8) is 0 Å². The molecule has 8 heteroatoms. The highest BCUT2D eigenvalue weighted by molar-refractivity contribution is 6.86. The fraction of sp³-hybridized carbons (Fsp3) is 0.212. The van der Waals surface area contributed by atoms with E-state index in [0.29, 0.717) is 0 Å². The number of anilines is 8. The van der Waals surface area contributed by atoms with Crippen molar-refractivity contribution >= 4 is 64.9 Å². The molecule has 7 aliphatic rings. The van der Waals surface area contributed by atoms with Gasteiger partial charge in [0.25, 0.3) is 0 Å². The van der Waals surface area contributed by atoms with Gasteiger partial charge in [-0.3, -0.25) is 0 Å². The van der Waals surface area contributed by atoms with E-state index >= 15 is 0 Å². The predicted molar refractivity (Wildman–Crippen MR) is 307 cm³/mol. The summed E-state index contributed by atoms with van der Waals surface area (Å²) in [4.78, 5) is 10.8. The number of fused-ring (bicyclic) bond motifs is 20. The molecule has 1 aliphatic carbocycles. The maximum absolute atomic E-state index is 7.25. The van der Waals surface area contributed by atoms with E-state index < -0.39 is 10.8 Å². The molecule has 0 spiro atoms. The summed E-state index contributed by atoms with van der Waals surface area (Å²) in [5.74, 6) is 9.87. The summed E-state index contributed by atoms with van der Waals surface area (Å²) < 4.78 is 14.4. The monoisotopic (exact) mass is 958 g/mol. The second kappa shape index (κ2) is 14.8. The minimum atomic E-state index is -0.517. The molecule has 0 amide bonds. The number of rotatable bonds is 2. The summed E-state index contributed by atoms with van der Waals surface area (Å²) in [6.07, 6.45) is 1.99. The minimum absolute atomic E-state index is 0.207. The van der Waals surface area contributed by atoms with Gasteiger partial charge in [0, 0.05) is 38.8 Å². The van der Waals surface area contributed by atoms with Crippen molar-refractivity contribution in [1.29, 1.82) is 0 Å². The molecule has 0 aromatic heterocycles. The minimum Gasteiger partial charge on any atom is -0.483 e. The fourth-order valence-electron chi connectivity index (χ4n) is 14.5. The third-order valence-corrected chi connectivity index (χ3v) is 17.7. The molecule has 358 valence electrons. The molecule has 2 atom stereocenters. The van der Waals surface area contributed by atoms with Crippen LogP contribution in [-0.4, -0.2) is 20.1 Å². The Bertz CT molecular complexity index is 3930. The van der Waals surface area contributed by atoms with Crippen LogP contribution in [0.1, 0.15) is 84.7 Å². The van der Waals surface area contributed by atoms with Gasteiger partial charge >= 0.3 is 14.0 Å². The Morgan fingerprint density at radius 1 is 0.486 bits per heavy atom. The Kier molecular flexibility index (Phi) is 8.73. The number of para-hydroxylation sites is 4. The van der Waals surface area contributed by atoms with Gasteiger partial charge in [-0.05, 0) is 169 Å². The van der Waals surface area contributed by atoms with E-state index in [4.69, 9.17) is 9.47 Å². The second-order valence-corrected chi connectivity index (χ2v) is 23.0. The third kappa shape index (κ3) is 5.54. The summed E-state index contributed by atoms with van der Waals surface area (Å²) in [7, 11) is 0. The summed E-state index contributed by atoms with van der Waals surface area (Å²) in [6.45, 7) is 22.7. The summed E-state index contributed by atoms with van der Waals surface area (Å²) in [6, 6.07) is 52.3. The molecule has 0 bridgehead atoms. The average Bonchev–Trinajstić information content (AvgIpc) is 4.01. The van der Waals surface area contributed by atoms with Crippen LogP contribution < -0.4 is 34.2 Å². The molecule has 74 heavy (non-hydrogen) atoms. The quantitative estimate of drug-likeness (QED) is 0.127. The number of allylic oxidation sites excluding steroid dienone is 1. The summed E-state index contributed by atoms with van der Waals surface area (Å²) in [5, 5.41) is 0. The molecule has 6 aliphatic heterocycles. The lowest BCUT2D eigenvalue weighted by atomic mass is 9.55. The van der Waals surface area contributed by atoms with Crippen molar-refractivity contribution < 1.29 is 9.47 Å². The molecule has 2 unspecified atom stereocenters. The van der Waals surface area contributed by atoms with E-state index in [1.165, 1.54) is 101 Å². The van der Waals surface area contributed by atoms with Gasteiger partial charge in [-0.1, -0.05) is 124 Å². The molecular formula is C66H56B2N4O2. The van der Waals surface area contributed by atoms with Crippen molar-refractivity contribution in [3.8, 4) is 51.3 Å². The second-order valence-electron chi connectivity index (χ2n) is 23.0. The SMILES string of the molecule is CC1=CC2Oc3ccccc3N3B(C2C#C1)N1c2ccc(-c4c(C)cccc4C)cc2C(C)(C)c2c4c5c(c3c21)C(C)(C)c1cc(-c2c(C)cccc2C)ccc1N5B1c2ccc(C)cc2Oc2ccccc2N14. The number of benzene rings is 8. The Balaban J connectivity index is 1.13. The summed E-state index contributed by atoms with van der Waals surface area (Å²) >= 11 is 0. The molecule has 8 aromatic rings. The van der Waals surface area contributed by atoms with Crippen LogP contribution in [0.3, 0.4) is 0 Å². The first-order valence-electron chi connectivity index (χ1n) is 26.4. The van der Waals surface area contributed by atoms with Crippen LogP contribution in [0.5, 0.6) is 17.2 Å². The van der Waals surface area contributed by atoms with Gasteiger partial charge in [0.05, 0.1) is 39.9 Å². The predicted octanol–water partition coefficient (Wildman–Crippen LogP) is 15.5. The van der Waals surface area contributed by atoms with E-state index in [-0.39, 0.29) is 25.9 Å². The van der Waals surface area contributed by atoms with Crippen molar-refractivity contribution in [2.75, 3.05) is 19.2 Å². The van der Waals surface area contributed by atoms with Crippen LogP contribution in [0.2, 0.25) is 5.82 Å². The normalized spacial score (nSPS) is 18.8. The molecule has 0 saturated heterocycles. The third-order valence-electron chi connectivity index (χ3n) is 17.7. The summed E-state index contributed by atoms with van der Waals surface area (Å²) in [5.41, 5.74) is 27.1. The molecule has 15 rings (SSSR count). The number of ether oxygens (including phenoxy) is 2. The highest BCUT2D eigenvalue weighted by Crippen LogP contribution is 2.72. The standard InChI is InChI=1S/C66H56B2N4O2/c1-37-25-29-47-55(33-37)73-53-23-13-11-21-51(53)71-63-60-62-64(59-61(63)69(67(47)71)49-31-27-43(35-45(49)65(59,7)8)57-39(3)17-15-18-40(57)4)72-52-22-12-14-24-54(52)74-56-34-38(2)26-30-48(56)68(72)70(62)50-32-28-44(36-46(50)66(60,9)10)58-41(5)19-16-20-42(58)6/h11-25,27-29,31-36,48,56H,1-10H3. The van der Waals surface area contributed by atoms with Gasteiger partial charge in [0.1, 0.15) is 23.4 Å². The molecule has 0 saturated carbocycles. The first kappa shape index (κ1) is 43.6. The molecule has 6 heterocycles. The number of aryl methyl sites for hydroxylation is 5. The zero-order chi connectivity index (χ0) is 50.4. The molecule has 8 aromatic carbocycles. The molecule has 0 radical (unpaired) electrons. The molecule has 6 nitrogen and oxygen atoms in total. The van der Waals surface area contributed by atoms with Crippen molar-refractivity contribution in [1.82, 2.24) is 0 Å². The average molecular weight is 959 g/mol. The van der Waals surface area contributed by atoms with Crippen molar-refractivity contribution in [2.24, 2.45) is 0 Å². The van der Waals surface area contributed by atoms with Crippen LogP contribution in [0.25, 0.3) is 22.3 Å². The maximum atomic E-state index is 7.25. The van der Waals surface area contributed by atoms with E-state index in [1.807, 2.05) is 0 Å². The van der Waals surface area contributed by atoms with E-state index in [0.717, 1.165) is 45.2 Å². The molecular weight excluding hydrogens is 902 g/mol. The zero-order valence-electron chi connectivity index (χ0n) is 43.8. The Hall–Kier alpha value is -8.01. The molecule has 0 N–H and O–H groups in total. The van der Waals surface area contributed by atoms with E-state index in [1.54, 1.807) is 0 Å². The smallest absolute Gasteiger partial charge is 0.424 e. The number of hydrogen-bond acceptors (Lipinski definition) is 6. The first-order chi connectivity index (χ1) is 35.7. The van der Waals surface area contributed by atoms with E-state index in [2.05, 4.69) is 246 Å². The molecule has 0 fully saturated rings. The maximum Gasteiger partial charge on any atom is 0.424 e. The van der Waals surface area contributed by atoms with E-state index in [9.17, 15) is 0 Å². The topological polar surface area (TPSA) is 31.4 Å². The van der Waals surface area contributed by atoms with Crippen LogP contribution in [0, 0.1) is 46.5 Å². The van der Waals surface area contributed by atoms with Gasteiger partial charge in [-0.2, -0.15) is 0 Å².